The molecule has 0 saturated heterocycles. The average molecular weight is 497 g/mol. The van der Waals surface area contributed by atoms with Crippen LogP contribution in [0.5, 0.6) is 5.75 Å². The molecule has 0 radical (unpaired) electrons. The van der Waals surface area contributed by atoms with Crippen molar-refractivity contribution in [2.45, 2.75) is 64.4 Å². The average Bonchev–Trinajstić information content (AvgIpc) is 2.88. The summed E-state index contributed by atoms with van der Waals surface area (Å²) >= 11 is 0. The van der Waals surface area contributed by atoms with Crippen molar-refractivity contribution in [3.63, 3.8) is 0 Å². The molecule has 0 N–H and O–H groups in total. The Balaban J connectivity index is 1.35. The molecular formula is C30H31F3O3. The molecule has 1 aliphatic rings. The van der Waals surface area contributed by atoms with Crippen LogP contribution in [0.1, 0.15) is 72.9 Å². The summed E-state index contributed by atoms with van der Waals surface area (Å²) in [4.78, 5) is 12.6. The quantitative estimate of drug-likeness (QED) is 0.233. The number of esters is 1. The van der Waals surface area contributed by atoms with Gasteiger partial charge in [0.15, 0.2) is 23.2 Å². The summed E-state index contributed by atoms with van der Waals surface area (Å²) in [5, 5.41) is 0. The molecule has 190 valence electrons. The fourth-order valence-corrected chi connectivity index (χ4v) is 4.61. The zero-order chi connectivity index (χ0) is 25.7. The van der Waals surface area contributed by atoms with Crippen LogP contribution in [0.25, 0.3) is 11.1 Å². The van der Waals surface area contributed by atoms with E-state index in [1.165, 1.54) is 18.2 Å². The Morgan fingerprint density at radius 1 is 0.917 bits per heavy atom. The highest BCUT2D eigenvalue weighted by Crippen LogP contribution is 2.36. The Labute approximate surface area is 210 Å². The molecule has 0 unspecified atom stereocenters. The first kappa shape index (κ1) is 25.8. The van der Waals surface area contributed by atoms with Crippen molar-refractivity contribution in [2.24, 2.45) is 0 Å². The van der Waals surface area contributed by atoms with E-state index in [4.69, 9.17) is 9.47 Å². The van der Waals surface area contributed by atoms with E-state index in [1.807, 2.05) is 32.0 Å². The largest absolute Gasteiger partial charge is 0.491 e. The number of carbonyl (C=O) groups excluding carboxylic acids is 1. The molecule has 1 fully saturated rings. The summed E-state index contributed by atoms with van der Waals surface area (Å²) in [5.41, 5.74) is 2.12. The third kappa shape index (κ3) is 5.92. The first-order valence-corrected chi connectivity index (χ1v) is 12.6. The molecule has 1 saturated carbocycles. The smallest absolute Gasteiger partial charge is 0.341 e. The van der Waals surface area contributed by atoms with Crippen LogP contribution < -0.4 is 4.74 Å². The molecule has 0 aromatic heterocycles. The standard InChI is InChI=1S/C30H31F3O3/c1-3-4-17-35-27-16-11-22(18-26(27)31)20-9-12-23(13-10-20)36-30(34)25-15-14-24(28(32)29(25)33)21-7-5-19(2)6-8-21/h5-8,11,14-16,18,20,23H,3-4,9-10,12-13,17H2,1-2H3. The third-order valence-electron chi connectivity index (χ3n) is 6.80. The van der Waals surface area contributed by atoms with Crippen LogP contribution in [0.3, 0.4) is 0 Å². The second kappa shape index (κ2) is 11.6. The number of hydrogen-bond donors (Lipinski definition) is 0. The molecule has 6 heteroatoms. The van der Waals surface area contributed by atoms with Gasteiger partial charge in [-0.3, -0.25) is 0 Å². The van der Waals surface area contributed by atoms with Crippen molar-refractivity contribution in [2.75, 3.05) is 6.61 Å². The van der Waals surface area contributed by atoms with E-state index < -0.39 is 29.3 Å². The highest BCUT2D eigenvalue weighted by Gasteiger charge is 2.28. The Kier molecular flexibility index (Phi) is 8.34. The van der Waals surface area contributed by atoms with E-state index in [1.54, 1.807) is 18.2 Å². The molecule has 0 aliphatic heterocycles. The lowest BCUT2D eigenvalue weighted by Crippen LogP contribution is -2.24. The molecule has 36 heavy (non-hydrogen) atoms. The zero-order valence-electron chi connectivity index (χ0n) is 20.7. The van der Waals surface area contributed by atoms with Crippen molar-refractivity contribution < 1.29 is 27.4 Å². The molecular weight excluding hydrogens is 465 g/mol. The summed E-state index contributed by atoms with van der Waals surface area (Å²) < 4.78 is 55.0. The molecule has 0 bridgehead atoms. The Morgan fingerprint density at radius 3 is 2.31 bits per heavy atom. The van der Waals surface area contributed by atoms with E-state index in [-0.39, 0.29) is 23.0 Å². The predicted octanol–water partition coefficient (Wildman–Crippen LogP) is 8.14. The van der Waals surface area contributed by atoms with Crippen molar-refractivity contribution in [3.8, 4) is 16.9 Å². The van der Waals surface area contributed by atoms with Gasteiger partial charge < -0.3 is 9.47 Å². The molecule has 3 aromatic rings. The van der Waals surface area contributed by atoms with Gasteiger partial charge in [0.05, 0.1) is 12.2 Å². The highest BCUT2D eigenvalue weighted by molar-refractivity contribution is 5.90. The molecule has 0 heterocycles. The minimum absolute atomic E-state index is 0.0959. The minimum atomic E-state index is -1.21. The number of benzene rings is 3. The van der Waals surface area contributed by atoms with Gasteiger partial charge in [-0.1, -0.05) is 55.3 Å². The van der Waals surface area contributed by atoms with E-state index in [0.29, 0.717) is 37.9 Å². The van der Waals surface area contributed by atoms with Crippen LogP contribution in [-0.4, -0.2) is 18.7 Å². The fourth-order valence-electron chi connectivity index (χ4n) is 4.61. The van der Waals surface area contributed by atoms with Crippen molar-refractivity contribution in [1.82, 2.24) is 0 Å². The van der Waals surface area contributed by atoms with Crippen LogP contribution in [0.15, 0.2) is 54.6 Å². The number of carbonyl (C=O) groups is 1. The summed E-state index contributed by atoms with van der Waals surface area (Å²) in [6, 6.07) is 14.8. The maximum atomic E-state index is 14.8. The normalized spacial score (nSPS) is 17.6. The van der Waals surface area contributed by atoms with Gasteiger partial charge in [-0.2, -0.15) is 0 Å². The molecule has 1 aliphatic carbocycles. The molecule has 4 rings (SSSR count). The number of hydrogen-bond acceptors (Lipinski definition) is 3. The first-order chi connectivity index (χ1) is 17.4. The van der Waals surface area contributed by atoms with E-state index in [2.05, 4.69) is 0 Å². The molecule has 0 spiro atoms. The summed E-state index contributed by atoms with van der Waals surface area (Å²) in [5.74, 6) is -3.11. The highest BCUT2D eigenvalue weighted by atomic mass is 19.2. The third-order valence-corrected chi connectivity index (χ3v) is 6.80. The van der Waals surface area contributed by atoms with Crippen LogP contribution >= 0.6 is 0 Å². The monoisotopic (exact) mass is 496 g/mol. The molecule has 0 atom stereocenters. The van der Waals surface area contributed by atoms with Gasteiger partial charge in [0.1, 0.15) is 6.10 Å². The summed E-state index contributed by atoms with van der Waals surface area (Å²) in [7, 11) is 0. The second-order valence-electron chi connectivity index (χ2n) is 9.43. The predicted molar refractivity (Wildman–Crippen MR) is 134 cm³/mol. The zero-order valence-corrected chi connectivity index (χ0v) is 20.7. The first-order valence-electron chi connectivity index (χ1n) is 12.6. The van der Waals surface area contributed by atoms with E-state index in [0.717, 1.165) is 24.0 Å². The number of halogens is 3. The Morgan fingerprint density at radius 2 is 1.64 bits per heavy atom. The topological polar surface area (TPSA) is 35.5 Å². The Bertz CT molecular complexity index is 1200. The maximum Gasteiger partial charge on any atom is 0.341 e. The summed E-state index contributed by atoms with van der Waals surface area (Å²) in [6.45, 7) is 4.45. The Hall–Kier alpha value is -3.28. The SMILES string of the molecule is CCCCOc1ccc(C2CCC(OC(=O)c3ccc(-c4ccc(C)cc4)c(F)c3F)CC2)cc1F. The number of rotatable bonds is 8. The van der Waals surface area contributed by atoms with Gasteiger partial charge in [-0.05, 0) is 74.3 Å². The van der Waals surface area contributed by atoms with Gasteiger partial charge in [-0.15, -0.1) is 0 Å². The molecule has 3 nitrogen and oxygen atoms in total. The fraction of sp³-hybridized carbons (Fsp3) is 0.367. The molecule has 3 aromatic carbocycles. The van der Waals surface area contributed by atoms with Crippen molar-refractivity contribution >= 4 is 5.97 Å². The van der Waals surface area contributed by atoms with Crippen molar-refractivity contribution in [3.05, 3.63) is 88.7 Å². The number of unbranched alkanes of at least 4 members (excludes halogenated alkanes) is 1. The maximum absolute atomic E-state index is 14.8. The van der Waals surface area contributed by atoms with Crippen LogP contribution in [0, 0.1) is 24.4 Å². The van der Waals surface area contributed by atoms with Gasteiger partial charge in [0.25, 0.3) is 0 Å². The van der Waals surface area contributed by atoms with Crippen molar-refractivity contribution in [1.29, 1.82) is 0 Å². The minimum Gasteiger partial charge on any atom is -0.491 e. The van der Waals surface area contributed by atoms with Gasteiger partial charge in [0.2, 0.25) is 0 Å². The van der Waals surface area contributed by atoms with Gasteiger partial charge in [-0.25, -0.2) is 18.0 Å². The van der Waals surface area contributed by atoms with Crippen LogP contribution in [0.2, 0.25) is 0 Å². The van der Waals surface area contributed by atoms with Gasteiger partial charge in [0, 0.05) is 5.56 Å². The van der Waals surface area contributed by atoms with E-state index in [9.17, 15) is 18.0 Å². The van der Waals surface area contributed by atoms with Crippen LogP contribution in [0.4, 0.5) is 13.2 Å². The lowest BCUT2D eigenvalue weighted by molar-refractivity contribution is 0.0189. The lowest BCUT2D eigenvalue weighted by atomic mass is 9.82. The second-order valence-corrected chi connectivity index (χ2v) is 9.43. The van der Waals surface area contributed by atoms with E-state index >= 15 is 0 Å². The lowest BCUT2D eigenvalue weighted by Gasteiger charge is -2.28. The summed E-state index contributed by atoms with van der Waals surface area (Å²) in [6.07, 6.45) is 4.00. The number of ether oxygens (including phenoxy) is 2. The molecule has 0 amide bonds. The number of aryl methyl sites for hydroxylation is 1. The van der Waals surface area contributed by atoms with Crippen LogP contribution in [-0.2, 0) is 4.74 Å². The van der Waals surface area contributed by atoms with Gasteiger partial charge >= 0.3 is 5.97 Å².